The van der Waals surface area contributed by atoms with E-state index in [2.05, 4.69) is 0 Å². The fraction of sp³-hybridized carbons (Fsp3) is 0.800. The average Bonchev–Trinajstić information content (AvgIpc) is 2.72. The summed E-state index contributed by atoms with van der Waals surface area (Å²) in [6.07, 6.45) is 9.09. The minimum Gasteiger partial charge on any atom is -0.512 e. The van der Waals surface area contributed by atoms with Gasteiger partial charge in [-0.3, -0.25) is 14.4 Å². The number of hydrogen-bond donors (Lipinski definition) is 1. The van der Waals surface area contributed by atoms with Crippen LogP contribution in [0.15, 0.2) is 11.3 Å². The highest BCUT2D eigenvalue weighted by Crippen LogP contribution is 2.58. The molecule has 0 radical (unpaired) electrons. The lowest BCUT2D eigenvalue weighted by Gasteiger charge is -2.53. The van der Waals surface area contributed by atoms with Gasteiger partial charge < -0.3 is 9.84 Å². The third-order valence-corrected chi connectivity index (χ3v) is 8.40. The van der Waals surface area contributed by atoms with Gasteiger partial charge in [0.15, 0.2) is 5.78 Å². The molecular weight excluding hydrogens is 380 g/mol. The molecule has 3 aliphatic carbocycles. The summed E-state index contributed by atoms with van der Waals surface area (Å²) in [7, 11) is 1.72. The Morgan fingerprint density at radius 3 is 1.90 bits per heavy atom. The number of aliphatic hydroxyl groups excluding tert-OH is 1. The van der Waals surface area contributed by atoms with Gasteiger partial charge in [0, 0.05) is 25.0 Å². The molecule has 30 heavy (non-hydrogen) atoms. The van der Waals surface area contributed by atoms with Crippen LogP contribution in [0.5, 0.6) is 0 Å². The minimum absolute atomic E-state index is 0.0247. The standard InChI is InChI=1S/C25H38O5/c1-15(26)23-22(29)14-21(18-8-6-5-7-9-18)25(16(2)27,17(3)28)24(23)19-10-12-20(30-4)13-11-19/h18-21,24,29H,5-14H2,1-4H3/t19?,20?,21-,24?/m0/s1. The third kappa shape index (κ3) is 3.90. The first-order chi connectivity index (χ1) is 14.2. The highest BCUT2D eigenvalue weighted by atomic mass is 16.5. The lowest BCUT2D eigenvalue weighted by molar-refractivity contribution is -0.153. The molecule has 2 fully saturated rings. The summed E-state index contributed by atoms with van der Waals surface area (Å²) in [4.78, 5) is 39.5. The van der Waals surface area contributed by atoms with Gasteiger partial charge in [0.05, 0.1) is 17.3 Å². The minimum atomic E-state index is -1.21. The van der Waals surface area contributed by atoms with E-state index in [1.165, 1.54) is 27.2 Å². The smallest absolute Gasteiger partial charge is 0.159 e. The van der Waals surface area contributed by atoms with Crippen molar-refractivity contribution in [1.82, 2.24) is 0 Å². The zero-order chi connectivity index (χ0) is 22.1. The molecule has 3 rings (SSSR count). The molecule has 2 saturated carbocycles. The van der Waals surface area contributed by atoms with E-state index in [1.807, 2.05) is 0 Å². The van der Waals surface area contributed by atoms with E-state index >= 15 is 0 Å². The summed E-state index contributed by atoms with van der Waals surface area (Å²) in [5.74, 6) is -0.831. The second-order valence-electron chi connectivity index (χ2n) is 9.86. The van der Waals surface area contributed by atoms with Gasteiger partial charge in [0.25, 0.3) is 0 Å². The van der Waals surface area contributed by atoms with Crippen molar-refractivity contribution in [3.63, 3.8) is 0 Å². The van der Waals surface area contributed by atoms with Crippen LogP contribution in [0.4, 0.5) is 0 Å². The summed E-state index contributed by atoms with van der Waals surface area (Å²) >= 11 is 0. The van der Waals surface area contributed by atoms with Gasteiger partial charge in [-0.15, -0.1) is 0 Å². The normalized spacial score (nSPS) is 32.7. The van der Waals surface area contributed by atoms with Crippen molar-refractivity contribution in [3.05, 3.63) is 11.3 Å². The van der Waals surface area contributed by atoms with Crippen molar-refractivity contribution in [2.75, 3.05) is 7.11 Å². The highest BCUT2D eigenvalue weighted by Gasteiger charge is 2.61. The van der Waals surface area contributed by atoms with Gasteiger partial charge >= 0.3 is 0 Å². The van der Waals surface area contributed by atoms with Crippen LogP contribution >= 0.6 is 0 Å². The maximum atomic E-state index is 13.4. The van der Waals surface area contributed by atoms with E-state index in [4.69, 9.17) is 4.74 Å². The van der Waals surface area contributed by atoms with E-state index in [-0.39, 0.29) is 53.4 Å². The van der Waals surface area contributed by atoms with Crippen LogP contribution in [0, 0.1) is 29.1 Å². The number of Topliss-reactive ketones (excluding diaryl/α,β-unsaturated/α-hetero) is 3. The molecule has 0 amide bonds. The van der Waals surface area contributed by atoms with E-state index in [0.29, 0.717) is 5.57 Å². The van der Waals surface area contributed by atoms with Gasteiger partial charge in [-0.25, -0.2) is 0 Å². The Morgan fingerprint density at radius 2 is 1.43 bits per heavy atom. The van der Waals surface area contributed by atoms with Crippen molar-refractivity contribution in [1.29, 1.82) is 0 Å². The highest BCUT2D eigenvalue weighted by molar-refractivity contribution is 6.08. The van der Waals surface area contributed by atoms with Gasteiger partial charge in [-0.1, -0.05) is 32.1 Å². The monoisotopic (exact) mass is 418 g/mol. The topological polar surface area (TPSA) is 80.7 Å². The van der Waals surface area contributed by atoms with E-state index < -0.39 is 11.3 Å². The van der Waals surface area contributed by atoms with Crippen molar-refractivity contribution in [2.45, 2.75) is 91.1 Å². The Morgan fingerprint density at radius 1 is 0.867 bits per heavy atom. The molecule has 0 spiro atoms. The molecule has 0 aromatic carbocycles. The number of ether oxygens (including phenoxy) is 1. The number of ketones is 3. The SMILES string of the molecule is COC1CCC(C2C(C(C)=O)=C(O)C[C@@H](C3CCCCC3)C2(C(C)=O)C(C)=O)CC1. The fourth-order valence-electron chi connectivity index (χ4n) is 7.09. The second kappa shape index (κ2) is 9.33. The van der Waals surface area contributed by atoms with Crippen molar-refractivity contribution in [3.8, 4) is 0 Å². The number of rotatable bonds is 6. The first-order valence-corrected chi connectivity index (χ1v) is 11.7. The van der Waals surface area contributed by atoms with E-state index in [1.54, 1.807) is 7.11 Å². The molecule has 0 aliphatic heterocycles. The largest absolute Gasteiger partial charge is 0.512 e. The molecule has 168 valence electrons. The number of carbonyl (C=O) groups is 3. The molecule has 3 aliphatic rings. The lowest BCUT2D eigenvalue weighted by atomic mass is 9.48. The van der Waals surface area contributed by atoms with Crippen LogP contribution in [0.25, 0.3) is 0 Å². The number of hydrogen-bond acceptors (Lipinski definition) is 5. The molecule has 1 N–H and O–H groups in total. The third-order valence-electron chi connectivity index (χ3n) is 8.40. The van der Waals surface area contributed by atoms with Crippen LogP contribution < -0.4 is 0 Å². The van der Waals surface area contributed by atoms with Gasteiger partial charge in [-0.05, 0) is 64.2 Å². The number of allylic oxidation sites excluding steroid dienone is 2. The first kappa shape index (κ1) is 23.2. The molecule has 1 unspecified atom stereocenters. The molecule has 5 nitrogen and oxygen atoms in total. The summed E-state index contributed by atoms with van der Waals surface area (Å²) in [6, 6.07) is 0. The molecule has 0 saturated heterocycles. The summed E-state index contributed by atoms with van der Waals surface area (Å²) in [5.41, 5.74) is -0.867. The lowest BCUT2D eigenvalue weighted by Crippen LogP contribution is -2.58. The molecule has 2 atom stereocenters. The van der Waals surface area contributed by atoms with Crippen LogP contribution in [-0.2, 0) is 19.1 Å². The summed E-state index contributed by atoms with van der Waals surface area (Å²) in [5, 5.41) is 11.0. The number of carbonyl (C=O) groups excluding carboxylic acids is 3. The molecule has 5 heteroatoms. The summed E-state index contributed by atoms with van der Waals surface area (Å²) < 4.78 is 5.52. The molecule has 0 heterocycles. The molecule has 0 bridgehead atoms. The molecular formula is C25H38O5. The van der Waals surface area contributed by atoms with Gasteiger partial charge in [-0.2, -0.15) is 0 Å². The maximum Gasteiger partial charge on any atom is 0.159 e. The van der Waals surface area contributed by atoms with E-state index in [0.717, 1.165) is 51.4 Å². The van der Waals surface area contributed by atoms with Crippen LogP contribution in [0.3, 0.4) is 0 Å². The average molecular weight is 419 g/mol. The predicted octanol–water partition coefficient (Wildman–Crippen LogP) is 4.97. The zero-order valence-corrected chi connectivity index (χ0v) is 19.0. The second-order valence-corrected chi connectivity index (χ2v) is 9.86. The fourth-order valence-corrected chi connectivity index (χ4v) is 7.09. The van der Waals surface area contributed by atoms with Crippen LogP contribution in [0.2, 0.25) is 0 Å². The summed E-state index contributed by atoms with van der Waals surface area (Å²) in [6.45, 7) is 4.53. The zero-order valence-electron chi connectivity index (χ0n) is 19.0. The van der Waals surface area contributed by atoms with Crippen molar-refractivity contribution in [2.24, 2.45) is 29.1 Å². The van der Waals surface area contributed by atoms with Crippen LogP contribution in [0.1, 0.15) is 85.0 Å². The predicted molar refractivity (Wildman–Crippen MR) is 115 cm³/mol. The Hall–Kier alpha value is -1.49. The van der Waals surface area contributed by atoms with Gasteiger partial charge in [0.2, 0.25) is 0 Å². The van der Waals surface area contributed by atoms with Gasteiger partial charge in [0.1, 0.15) is 11.6 Å². The van der Waals surface area contributed by atoms with Crippen molar-refractivity contribution < 1.29 is 24.2 Å². The number of aliphatic hydroxyl groups is 1. The van der Waals surface area contributed by atoms with E-state index in [9.17, 15) is 19.5 Å². The van der Waals surface area contributed by atoms with Crippen LogP contribution in [-0.4, -0.2) is 35.7 Å². The first-order valence-electron chi connectivity index (χ1n) is 11.7. The Labute approximate surface area is 180 Å². The molecule has 0 aromatic heterocycles. The number of methoxy groups -OCH3 is 1. The maximum absolute atomic E-state index is 13.4. The Kier molecular flexibility index (Phi) is 7.21. The molecule has 0 aromatic rings. The Balaban J connectivity index is 2.15. The quantitative estimate of drug-likeness (QED) is 0.616. The Bertz CT molecular complexity index is 693. The van der Waals surface area contributed by atoms with Crippen molar-refractivity contribution >= 4 is 17.3 Å².